The summed E-state index contributed by atoms with van der Waals surface area (Å²) in [4.78, 5) is 27.4. The molecule has 0 aromatic heterocycles. The third-order valence-electron chi connectivity index (χ3n) is 12.5. The molecule has 1 saturated heterocycles. The number of esters is 2. The normalized spacial score (nSPS) is 13.7. The van der Waals surface area contributed by atoms with E-state index in [-0.39, 0.29) is 11.9 Å². The molecule has 0 radical (unpaired) electrons. The van der Waals surface area contributed by atoms with E-state index < -0.39 is 0 Å². The molecule has 0 aromatic rings. The van der Waals surface area contributed by atoms with Crippen LogP contribution in [-0.2, 0) is 23.8 Å². The molecule has 332 valence electrons. The van der Waals surface area contributed by atoms with Gasteiger partial charge in [0, 0.05) is 32.5 Å². The smallest absolute Gasteiger partial charge is 0.305 e. The van der Waals surface area contributed by atoms with E-state index in [1.807, 2.05) is 0 Å². The fourth-order valence-corrected chi connectivity index (χ4v) is 8.72. The number of hydrogen-bond acceptors (Lipinski definition) is 6. The van der Waals surface area contributed by atoms with Crippen molar-refractivity contribution in [2.24, 2.45) is 17.8 Å². The minimum atomic E-state index is 0.0154. The van der Waals surface area contributed by atoms with Crippen molar-refractivity contribution in [3.8, 4) is 0 Å². The number of unbranched alkanes of at least 4 members (excludes halogenated alkanes) is 18. The SMILES string of the molecule is CCCCCC(CCCCC)CCOC(=O)CCCCCCCCC(CCCCCCCCC(=O)OCCC(CCCCC)CCCCC)CN1CCOCC1. The van der Waals surface area contributed by atoms with E-state index in [2.05, 4.69) is 32.6 Å². The molecule has 0 spiro atoms. The molecule has 56 heavy (non-hydrogen) atoms. The Morgan fingerprint density at radius 1 is 0.429 bits per heavy atom. The fraction of sp³-hybridized carbons (Fsp3) is 0.960. The first kappa shape index (κ1) is 52.9. The highest BCUT2D eigenvalue weighted by Crippen LogP contribution is 2.24. The molecule has 1 aliphatic heterocycles. The number of carbonyl (C=O) groups excluding carboxylic acids is 2. The zero-order valence-corrected chi connectivity index (χ0v) is 38.2. The van der Waals surface area contributed by atoms with Gasteiger partial charge < -0.3 is 14.2 Å². The average Bonchev–Trinajstić information content (AvgIpc) is 3.20. The molecule has 0 N–H and O–H groups in total. The minimum Gasteiger partial charge on any atom is -0.466 e. The van der Waals surface area contributed by atoms with Gasteiger partial charge >= 0.3 is 11.9 Å². The lowest BCUT2D eigenvalue weighted by Gasteiger charge is -2.30. The largest absolute Gasteiger partial charge is 0.466 e. The van der Waals surface area contributed by atoms with Crippen molar-refractivity contribution in [3.05, 3.63) is 0 Å². The van der Waals surface area contributed by atoms with E-state index in [0.29, 0.717) is 26.1 Å². The lowest BCUT2D eigenvalue weighted by atomic mass is 9.92. The van der Waals surface area contributed by atoms with E-state index in [0.717, 1.165) is 82.6 Å². The molecular weight excluding hydrogens is 695 g/mol. The molecule has 1 fully saturated rings. The maximum absolute atomic E-state index is 12.4. The maximum Gasteiger partial charge on any atom is 0.305 e. The van der Waals surface area contributed by atoms with E-state index in [1.165, 1.54) is 173 Å². The second kappa shape index (κ2) is 40.6. The Labute approximate surface area is 349 Å². The molecule has 0 amide bonds. The van der Waals surface area contributed by atoms with Gasteiger partial charge in [-0.1, -0.05) is 195 Å². The van der Waals surface area contributed by atoms with Crippen molar-refractivity contribution < 1.29 is 23.8 Å². The van der Waals surface area contributed by atoms with Crippen LogP contribution in [0, 0.1) is 17.8 Å². The Hall–Kier alpha value is -1.14. The van der Waals surface area contributed by atoms with Crippen LogP contribution in [0.3, 0.4) is 0 Å². The Bertz CT molecular complexity index is 767. The van der Waals surface area contributed by atoms with Crippen LogP contribution in [0.25, 0.3) is 0 Å². The zero-order valence-electron chi connectivity index (χ0n) is 38.2. The Balaban J connectivity index is 2.16. The van der Waals surface area contributed by atoms with Crippen LogP contribution in [0.5, 0.6) is 0 Å². The third kappa shape index (κ3) is 33.8. The van der Waals surface area contributed by atoms with Gasteiger partial charge in [0.25, 0.3) is 0 Å². The molecule has 6 heteroatoms. The molecule has 0 aliphatic carbocycles. The van der Waals surface area contributed by atoms with Crippen molar-refractivity contribution >= 4 is 11.9 Å². The Kier molecular flexibility index (Phi) is 38.4. The Morgan fingerprint density at radius 2 is 0.750 bits per heavy atom. The third-order valence-corrected chi connectivity index (χ3v) is 12.5. The van der Waals surface area contributed by atoms with Crippen LogP contribution >= 0.6 is 0 Å². The first-order chi connectivity index (χ1) is 27.5. The molecule has 0 bridgehead atoms. The second-order valence-electron chi connectivity index (χ2n) is 17.8. The van der Waals surface area contributed by atoms with Crippen LogP contribution < -0.4 is 0 Å². The maximum atomic E-state index is 12.4. The number of hydrogen-bond donors (Lipinski definition) is 0. The molecule has 1 rings (SSSR count). The Morgan fingerprint density at radius 3 is 1.12 bits per heavy atom. The summed E-state index contributed by atoms with van der Waals surface area (Å²) in [5.74, 6) is 2.26. The van der Waals surface area contributed by atoms with Gasteiger partial charge in [0.2, 0.25) is 0 Å². The van der Waals surface area contributed by atoms with Gasteiger partial charge in [-0.2, -0.15) is 0 Å². The molecule has 1 heterocycles. The average molecular weight is 792 g/mol. The van der Waals surface area contributed by atoms with Crippen molar-refractivity contribution in [2.45, 2.75) is 246 Å². The van der Waals surface area contributed by atoms with Gasteiger partial charge in [-0.15, -0.1) is 0 Å². The first-order valence-electron chi connectivity index (χ1n) is 25.1. The quantitative estimate of drug-likeness (QED) is 0.0453. The predicted octanol–water partition coefficient (Wildman–Crippen LogP) is 14.6. The van der Waals surface area contributed by atoms with Gasteiger partial charge in [0.1, 0.15) is 0 Å². The predicted molar refractivity (Wildman–Crippen MR) is 239 cm³/mol. The molecule has 0 unspecified atom stereocenters. The summed E-state index contributed by atoms with van der Waals surface area (Å²) in [6.07, 6.45) is 41.3. The summed E-state index contributed by atoms with van der Waals surface area (Å²) in [6, 6.07) is 0. The van der Waals surface area contributed by atoms with Gasteiger partial charge in [-0.3, -0.25) is 14.5 Å². The van der Waals surface area contributed by atoms with E-state index in [9.17, 15) is 9.59 Å². The van der Waals surface area contributed by atoms with Crippen LogP contribution in [0.15, 0.2) is 0 Å². The number of ether oxygens (including phenoxy) is 3. The highest BCUT2D eigenvalue weighted by Gasteiger charge is 2.17. The van der Waals surface area contributed by atoms with Crippen molar-refractivity contribution in [3.63, 3.8) is 0 Å². The van der Waals surface area contributed by atoms with Crippen molar-refractivity contribution in [1.29, 1.82) is 0 Å². The number of nitrogens with zero attached hydrogens (tertiary/aromatic N) is 1. The lowest BCUT2D eigenvalue weighted by Crippen LogP contribution is -2.39. The first-order valence-corrected chi connectivity index (χ1v) is 25.1. The van der Waals surface area contributed by atoms with Crippen molar-refractivity contribution in [1.82, 2.24) is 4.90 Å². The van der Waals surface area contributed by atoms with Gasteiger partial charge in [0.15, 0.2) is 0 Å². The standard InChI is InChI=1S/C50H97NO5/c1-5-9-21-29-46(30-22-10-6-2)37-41-55-49(52)35-27-19-15-13-17-25-33-48(45-51-39-43-54-44-40-51)34-26-18-14-16-20-28-36-50(53)56-42-38-47(31-23-11-7-3)32-24-12-8-4/h46-48H,5-45H2,1-4H3. The number of rotatable bonds is 42. The van der Waals surface area contributed by atoms with Gasteiger partial charge in [-0.25, -0.2) is 0 Å². The van der Waals surface area contributed by atoms with E-state index in [4.69, 9.17) is 14.2 Å². The number of carbonyl (C=O) groups is 2. The van der Waals surface area contributed by atoms with E-state index in [1.54, 1.807) is 0 Å². The van der Waals surface area contributed by atoms with Gasteiger partial charge in [-0.05, 0) is 56.3 Å². The van der Waals surface area contributed by atoms with Crippen LogP contribution in [-0.4, -0.2) is 62.9 Å². The van der Waals surface area contributed by atoms with Crippen LogP contribution in [0.1, 0.15) is 246 Å². The molecular formula is C50H97NO5. The van der Waals surface area contributed by atoms with E-state index >= 15 is 0 Å². The zero-order chi connectivity index (χ0) is 40.6. The summed E-state index contributed by atoms with van der Waals surface area (Å²) in [5.41, 5.74) is 0. The second-order valence-corrected chi connectivity index (χ2v) is 17.8. The van der Waals surface area contributed by atoms with Crippen LogP contribution in [0.2, 0.25) is 0 Å². The summed E-state index contributed by atoms with van der Waals surface area (Å²) in [6.45, 7) is 15.5. The van der Waals surface area contributed by atoms with Gasteiger partial charge in [0.05, 0.1) is 26.4 Å². The topological polar surface area (TPSA) is 65.1 Å². The number of morpholine rings is 1. The highest BCUT2D eigenvalue weighted by molar-refractivity contribution is 5.69. The molecule has 1 aliphatic rings. The summed E-state index contributed by atoms with van der Waals surface area (Å²) in [5, 5.41) is 0. The van der Waals surface area contributed by atoms with Crippen molar-refractivity contribution in [2.75, 3.05) is 46.1 Å². The molecule has 6 nitrogen and oxygen atoms in total. The lowest BCUT2D eigenvalue weighted by molar-refractivity contribution is -0.145. The monoisotopic (exact) mass is 792 g/mol. The molecule has 0 aromatic carbocycles. The summed E-state index contributed by atoms with van der Waals surface area (Å²) in [7, 11) is 0. The summed E-state index contributed by atoms with van der Waals surface area (Å²) < 4.78 is 17.0. The fourth-order valence-electron chi connectivity index (χ4n) is 8.72. The molecule has 0 atom stereocenters. The minimum absolute atomic E-state index is 0.0154. The highest BCUT2D eigenvalue weighted by atomic mass is 16.5. The summed E-state index contributed by atoms with van der Waals surface area (Å²) >= 11 is 0. The molecule has 0 saturated carbocycles. The van der Waals surface area contributed by atoms with Crippen LogP contribution in [0.4, 0.5) is 0 Å².